The summed E-state index contributed by atoms with van der Waals surface area (Å²) in [6.45, 7) is 0. The van der Waals surface area contributed by atoms with Crippen LogP contribution in [0.25, 0.3) is 126 Å². The molecule has 0 aliphatic rings. The van der Waals surface area contributed by atoms with Gasteiger partial charge in [-0.3, -0.25) is 0 Å². The van der Waals surface area contributed by atoms with Crippen LogP contribution < -0.4 is 0 Å². The Labute approximate surface area is 365 Å². The Balaban J connectivity index is 1.16. The lowest BCUT2D eigenvalue weighted by atomic mass is 9.96. The molecular formula is C57H34N4OS. The van der Waals surface area contributed by atoms with Gasteiger partial charge in [-0.05, 0) is 59.2 Å². The van der Waals surface area contributed by atoms with Crippen molar-refractivity contribution in [2.24, 2.45) is 0 Å². The highest BCUT2D eigenvalue weighted by Gasteiger charge is 2.26. The Morgan fingerprint density at radius 3 is 1.70 bits per heavy atom. The van der Waals surface area contributed by atoms with E-state index in [1.165, 1.54) is 25.7 Å². The minimum atomic E-state index is 0.571. The van der Waals surface area contributed by atoms with Crippen LogP contribution in [0.5, 0.6) is 0 Å². The summed E-state index contributed by atoms with van der Waals surface area (Å²) < 4.78 is 11.8. The Kier molecular flexibility index (Phi) is 8.01. The number of furan rings is 1. The summed E-state index contributed by atoms with van der Waals surface area (Å²) >= 11 is 1.84. The molecule has 0 N–H and O–H groups in total. The number of nitrogens with zero attached hydrogens (tertiary/aromatic N) is 4. The maximum atomic E-state index is 6.92. The van der Waals surface area contributed by atoms with E-state index in [0.29, 0.717) is 17.5 Å². The van der Waals surface area contributed by atoms with Crippen molar-refractivity contribution in [2.45, 2.75) is 0 Å². The van der Waals surface area contributed by atoms with Gasteiger partial charge in [-0.25, -0.2) is 15.0 Å². The standard InChI is InChI=1S/C57H34N4OS/c1-3-16-35(17-4-1)37-20-13-21-38(34-37)56-58-55(36-18-5-2-6-19-36)59-57(60-56)45-32-33-49-52(53(45)61-46-28-10-7-22-39(46)40-23-8-11-29-47(40)61)51-42(25-15-30-48(51)62-49)44-27-14-26-43-41-24-9-12-31-50(41)63-54(43)44/h1-34H. The molecule has 13 aromatic rings. The first-order chi connectivity index (χ1) is 31.2. The second-order valence-electron chi connectivity index (χ2n) is 15.9. The smallest absolute Gasteiger partial charge is 0.166 e. The maximum Gasteiger partial charge on any atom is 0.166 e. The number of para-hydroxylation sites is 2. The van der Waals surface area contributed by atoms with Crippen LogP contribution in [0.2, 0.25) is 0 Å². The molecule has 9 aromatic carbocycles. The van der Waals surface area contributed by atoms with E-state index in [2.05, 4.69) is 187 Å². The van der Waals surface area contributed by atoms with Gasteiger partial charge in [-0.1, -0.05) is 164 Å². The van der Waals surface area contributed by atoms with E-state index in [9.17, 15) is 0 Å². The van der Waals surface area contributed by atoms with Crippen molar-refractivity contribution in [2.75, 3.05) is 0 Å². The molecule has 0 aliphatic heterocycles. The quantitative estimate of drug-likeness (QED) is 0.168. The first-order valence-electron chi connectivity index (χ1n) is 21.1. The molecule has 0 radical (unpaired) electrons. The molecule has 63 heavy (non-hydrogen) atoms. The molecule has 4 aromatic heterocycles. The number of rotatable bonds is 6. The summed E-state index contributed by atoms with van der Waals surface area (Å²) in [6.07, 6.45) is 0. The van der Waals surface area contributed by atoms with Crippen LogP contribution in [-0.2, 0) is 0 Å². The number of aromatic nitrogens is 4. The molecular weight excluding hydrogens is 789 g/mol. The highest BCUT2D eigenvalue weighted by atomic mass is 32.1. The largest absolute Gasteiger partial charge is 0.456 e. The van der Waals surface area contributed by atoms with Gasteiger partial charge < -0.3 is 8.98 Å². The van der Waals surface area contributed by atoms with Crippen LogP contribution in [0.4, 0.5) is 0 Å². The van der Waals surface area contributed by atoms with E-state index in [1.54, 1.807) is 0 Å². The van der Waals surface area contributed by atoms with Crippen molar-refractivity contribution in [3.63, 3.8) is 0 Å². The van der Waals surface area contributed by atoms with Crippen molar-refractivity contribution in [3.05, 3.63) is 206 Å². The van der Waals surface area contributed by atoms with Crippen LogP contribution in [0.15, 0.2) is 211 Å². The minimum absolute atomic E-state index is 0.571. The van der Waals surface area contributed by atoms with E-state index >= 15 is 0 Å². The SMILES string of the molecule is c1ccc(-c2cccc(-c3nc(-c4ccccc4)nc(-c4ccc5oc6cccc(-c7cccc8c7sc7ccccc78)c6c5c4-n4c5ccccc5c5ccccc54)n3)c2)cc1. The Bertz CT molecular complexity index is 3870. The summed E-state index contributed by atoms with van der Waals surface area (Å²) in [5.41, 5.74) is 11.9. The molecule has 4 heterocycles. The molecule has 0 amide bonds. The molecule has 294 valence electrons. The average molecular weight is 823 g/mol. The lowest BCUT2D eigenvalue weighted by molar-refractivity contribution is 0.669. The van der Waals surface area contributed by atoms with Gasteiger partial charge in [0.15, 0.2) is 17.5 Å². The number of benzene rings is 9. The molecule has 5 nitrogen and oxygen atoms in total. The fourth-order valence-electron chi connectivity index (χ4n) is 9.46. The zero-order valence-electron chi connectivity index (χ0n) is 33.7. The van der Waals surface area contributed by atoms with Crippen LogP contribution >= 0.6 is 11.3 Å². The Morgan fingerprint density at radius 1 is 0.365 bits per heavy atom. The normalized spacial score (nSPS) is 11.8. The lowest BCUT2D eigenvalue weighted by Crippen LogP contribution is -2.04. The van der Waals surface area contributed by atoms with Crippen molar-refractivity contribution >= 4 is 75.3 Å². The zero-order valence-corrected chi connectivity index (χ0v) is 34.6. The van der Waals surface area contributed by atoms with Gasteiger partial charge in [0.25, 0.3) is 0 Å². The van der Waals surface area contributed by atoms with Crippen LogP contribution in [0.3, 0.4) is 0 Å². The van der Waals surface area contributed by atoms with E-state index in [0.717, 1.165) is 82.8 Å². The molecule has 0 saturated heterocycles. The van der Waals surface area contributed by atoms with E-state index in [1.807, 2.05) is 35.6 Å². The molecule has 0 aliphatic carbocycles. The van der Waals surface area contributed by atoms with Gasteiger partial charge in [0, 0.05) is 58.6 Å². The van der Waals surface area contributed by atoms with Gasteiger partial charge in [0.2, 0.25) is 0 Å². The predicted molar refractivity (Wildman–Crippen MR) is 262 cm³/mol. The minimum Gasteiger partial charge on any atom is -0.456 e. The van der Waals surface area contributed by atoms with Gasteiger partial charge in [-0.2, -0.15) is 0 Å². The van der Waals surface area contributed by atoms with Crippen molar-refractivity contribution < 1.29 is 4.42 Å². The van der Waals surface area contributed by atoms with Gasteiger partial charge >= 0.3 is 0 Å². The molecule has 0 unspecified atom stereocenters. The fraction of sp³-hybridized carbons (Fsp3) is 0. The highest BCUT2D eigenvalue weighted by Crippen LogP contribution is 2.48. The number of hydrogen-bond donors (Lipinski definition) is 0. The topological polar surface area (TPSA) is 56.7 Å². The third-order valence-corrected chi connectivity index (χ3v) is 13.5. The molecule has 13 rings (SSSR count). The van der Waals surface area contributed by atoms with Crippen molar-refractivity contribution in [1.82, 2.24) is 19.5 Å². The van der Waals surface area contributed by atoms with E-state index in [4.69, 9.17) is 19.4 Å². The molecule has 0 fully saturated rings. The summed E-state index contributed by atoms with van der Waals surface area (Å²) in [7, 11) is 0. The second kappa shape index (κ2) is 14.2. The average Bonchev–Trinajstić information content (AvgIpc) is 4.04. The monoisotopic (exact) mass is 822 g/mol. The first-order valence-corrected chi connectivity index (χ1v) is 21.9. The van der Waals surface area contributed by atoms with Gasteiger partial charge in [0.1, 0.15) is 11.2 Å². The predicted octanol–water partition coefficient (Wildman–Crippen LogP) is 15.6. The van der Waals surface area contributed by atoms with E-state index in [-0.39, 0.29) is 0 Å². The number of hydrogen-bond acceptors (Lipinski definition) is 5. The van der Waals surface area contributed by atoms with Gasteiger partial charge in [0.05, 0.1) is 22.1 Å². The summed E-state index contributed by atoms with van der Waals surface area (Å²) in [4.78, 5) is 16.0. The number of thiophene rings is 1. The zero-order chi connectivity index (χ0) is 41.4. The molecule has 0 atom stereocenters. The highest BCUT2D eigenvalue weighted by molar-refractivity contribution is 7.26. The second-order valence-corrected chi connectivity index (χ2v) is 16.9. The lowest BCUT2D eigenvalue weighted by Gasteiger charge is -2.17. The van der Waals surface area contributed by atoms with Crippen LogP contribution in [-0.4, -0.2) is 19.5 Å². The molecule has 0 saturated carbocycles. The summed E-state index contributed by atoms with van der Waals surface area (Å²) in [5, 5.41) is 6.90. The third-order valence-electron chi connectivity index (χ3n) is 12.3. The van der Waals surface area contributed by atoms with E-state index < -0.39 is 0 Å². The van der Waals surface area contributed by atoms with Crippen LogP contribution in [0.1, 0.15) is 0 Å². The van der Waals surface area contributed by atoms with Crippen molar-refractivity contribution in [3.8, 4) is 62.1 Å². The molecule has 0 bridgehead atoms. The molecule has 6 heteroatoms. The van der Waals surface area contributed by atoms with Crippen molar-refractivity contribution in [1.29, 1.82) is 0 Å². The maximum absolute atomic E-state index is 6.92. The Morgan fingerprint density at radius 2 is 0.921 bits per heavy atom. The number of fused-ring (bicyclic) bond motifs is 9. The Hall–Kier alpha value is -8.19. The van der Waals surface area contributed by atoms with Crippen LogP contribution in [0, 0.1) is 0 Å². The third kappa shape index (κ3) is 5.66. The van der Waals surface area contributed by atoms with Gasteiger partial charge in [-0.15, -0.1) is 11.3 Å². The summed E-state index contributed by atoms with van der Waals surface area (Å²) in [6, 6.07) is 72.4. The molecule has 0 spiro atoms. The fourth-order valence-corrected chi connectivity index (χ4v) is 10.7. The first kappa shape index (κ1) is 35.6. The summed E-state index contributed by atoms with van der Waals surface area (Å²) in [5.74, 6) is 1.77.